The molecule has 3 aromatic carbocycles. The van der Waals surface area contributed by atoms with Gasteiger partial charge in [-0.2, -0.15) is 5.10 Å². The fraction of sp³-hybridized carbons (Fsp3) is 0.0667. The quantitative estimate of drug-likeness (QED) is 0.127. The van der Waals surface area contributed by atoms with Gasteiger partial charge in [-0.25, -0.2) is 4.79 Å². The minimum absolute atomic E-state index is 0.479. The minimum atomic E-state index is -0.501. The number of rotatable bonds is 7. The number of benzene rings is 3. The molecule has 2 heterocycles. The minimum Gasteiger partial charge on any atom is -0.423 e. The van der Waals surface area contributed by atoms with E-state index in [9.17, 15) is 4.79 Å². The van der Waals surface area contributed by atoms with Gasteiger partial charge >= 0.3 is 5.97 Å². The standard InChI is InChI=1S/C30H24N4O2/c1-3-24(20-9-11-21(12-10-20)27-19-31-15-16-32-27)30(22-13-14-26-23(17-22)18-33-34-26)25-7-5-6-8-28(25)36-29(35)4-2/h4-19H,2-3H2,1H3,(H,33,34)/b30-24+. The molecule has 0 fully saturated rings. The predicted octanol–water partition coefficient (Wildman–Crippen LogP) is 6.48. The number of para-hydroxylation sites is 1. The van der Waals surface area contributed by atoms with Crippen LogP contribution in [0.15, 0.2) is 104 Å². The maximum absolute atomic E-state index is 12.1. The number of hydrogen-bond donors (Lipinski definition) is 1. The Labute approximate surface area is 209 Å². The van der Waals surface area contributed by atoms with Crippen molar-refractivity contribution in [3.63, 3.8) is 0 Å². The number of hydrogen-bond acceptors (Lipinski definition) is 5. The van der Waals surface area contributed by atoms with Crippen molar-refractivity contribution < 1.29 is 9.53 Å². The second-order valence-electron chi connectivity index (χ2n) is 8.17. The van der Waals surface area contributed by atoms with Crippen molar-refractivity contribution >= 4 is 28.0 Å². The van der Waals surface area contributed by atoms with E-state index < -0.39 is 5.97 Å². The van der Waals surface area contributed by atoms with Crippen molar-refractivity contribution in [3.05, 3.63) is 121 Å². The molecule has 6 nitrogen and oxygen atoms in total. The number of allylic oxidation sites excluding steroid dienone is 1. The number of H-pyrrole nitrogens is 1. The van der Waals surface area contributed by atoms with Gasteiger partial charge in [0, 0.05) is 35.0 Å². The molecule has 1 N–H and O–H groups in total. The Morgan fingerprint density at radius 3 is 2.56 bits per heavy atom. The van der Waals surface area contributed by atoms with Crippen molar-refractivity contribution in [2.45, 2.75) is 13.3 Å². The largest absolute Gasteiger partial charge is 0.423 e. The van der Waals surface area contributed by atoms with Gasteiger partial charge in [-0.1, -0.05) is 62.0 Å². The molecule has 0 saturated heterocycles. The molecule has 0 radical (unpaired) electrons. The van der Waals surface area contributed by atoms with Gasteiger partial charge in [0.1, 0.15) is 5.75 Å². The maximum Gasteiger partial charge on any atom is 0.335 e. The summed E-state index contributed by atoms with van der Waals surface area (Å²) in [7, 11) is 0. The van der Waals surface area contributed by atoms with E-state index in [1.54, 1.807) is 30.9 Å². The first-order valence-electron chi connectivity index (χ1n) is 11.6. The summed E-state index contributed by atoms with van der Waals surface area (Å²) in [4.78, 5) is 20.7. The fourth-order valence-electron chi connectivity index (χ4n) is 4.32. The molecule has 0 unspecified atom stereocenters. The third kappa shape index (κ3) is 4.57. The van der Waals surface area contributed by atoms with Crippen LogP contribution in [0.25, 0.3) is 33.3 Å². The number of esters is 1. The van der Waals surface area contributed by atoms with Gasteiger partial charge in [0.25, 0.3) is 0 Å². The second kappa shape index (κ2) is 10.2. The first-order valence-corrected chi connectivity index (χ1v) is 11.6. The summed E-state index contributed by atoms with van der Waals surface area (Å²) in [6.07, 6.45) is 8.83. The summed E-state index contributed by atoms with van der Waals surface area (Å²) in [5.74, 6) is -0.0229. The van der Waals surface area contributed by atoms with Gasteiger partial charge in [0.2, 0.25) is 0 Å². The lowest BCUT2D eigenvalue weighted by atomic mass is 9.87. The smallest absolute Gasteiger partial charge is 0.335 e. The summed E-state index contributed by atoms with van der Waals surface area (Å²) in [6, 6.07) is 22.0. The van der Waals surface area contributed by atoms with Crippen LogP contribution >= 0.6 is 0 Å². The summed E-state index contributed by atoms with van der Waals surface area (Å²) < 4.78 is 5.65. The Morgan fingerprint density at radius 1 is 1.00 bits per heavy atom. The lowest BCUT2D eigenvalue weighted by molar-refractivity contribution is -0.128. The highest BCUT2D eigenvalue weighted by Gasteiger charge is 2.18. The zero-order valence-electron chi connectivity index (χ0n) is 19.8. The molecular formula is C30H24N4O2. The van der Waals surface area contributed by atoms with E-state index in [-0.39, 0.29) is 0 Å². The van der Waals surface area contributed by atoms with E-state index in [0.717, 1.165) is 56.4 Å². The van der Waals surface area contributed by atoms with Gasteiger partial charge in [-0.05, 0) is 46.9 Å². The third-order valence-corrected chi connectivity index (χ3v) is 6.01. The van der Waals surface area contributed by atoms with E-state index in [0.29, 0.717) is 5.75 Å². The number of carbonyl (C=O) groups excluding carboxylic acids is 1. The second-order valence-corrected chi connectivity index (χ2v) is 8.17. The lowest BCUT2D eigenvalue weighted by Crippen LogP contribution is -2.06. The number of nitrogens with one attached hydrogen (secondary N) is 1. The molecule has 0 saturated carbocycles. The van der Waals surface area contributed by atoms with Gasteiger partial charge in [-0.3, -0.25) is 15.1 Å². The Hall–Kier alpha value is -4.84. The van der Waals surface area contributed by atoms with Crippen molar-refractivity contribution in [2.24, 2.45) is 0 Å². The van der Waals surface area contributed by atoms with Crippen LogP contribution in [-0.2, 0) is 4.79 Å². The van der Waals surface area contributed by atoms with Gasteiger partial charge in [0.05, 0.1) is 23.6 Å². The Balaban J connectivity index is 1.71. The molecule has 5 aromatic rings. The fourth-order valence-corrected chi connectivity index (χ4v) is 4.32. The number of aromatic amines is 1. The molecule has 0 aliphatic rings. The lowest BCUT2D eigenvalue weighted by Gasteiger charge is -2.19. The SMILES string of the molecule is C=CC(=O)Oc1ccccc1/C(=C(\CC)c1ccc(-c2cnccn2)cc1)c1ccc2[nH]ncc2c1. The molecule has 0 bridgehead atoms. The first kappa shape index (κ1) is 22.9. The van der Waals surface area contributed by atoms with Crippen molar-refractivity contribution in [3.8, 4) is 17.0 Å². The van der Waals surface area contributed by atoms with E-state index in [4.69, 9.17) is 4.74 Å². The first-order chi connectivity index (χ1) is 17.7. The Morgan fingerprint density at radius 2 is 1.81 bits per heavy atom. The highest BCUT2D eigenvalue weighted by atomic mass is 16.5. The summed E-state index contributed by atoms with van der Waals surface area (Å²) in [5.41, 5.74) is 7.76. The van der Waals surface area contributed by atoms with Crippen molar-refractivity contribution in [2.75, 3.05) is 0 Å². The number of ether oxygens (including phenoxy) is 1. The predicted molar refractivity (Wildman–Crippen MR) is 142 cm³/mol. The van der Waals surface area contributed by atoms with Crippen LogP contribution in [0.3, 0.4) is 0 Å². The average Bonchev–Trinajstić information content (AvgIpc) is 3.41. The molecule has 36 heavy (non-hydrogen) atoms. The molecule has 0 aliphatic heterocycles. The number of aromatic nitrogens is 4. The van der Waals surface area contributed by atoms with E-state index >= 15 is 0 Å². The molecule has 0 spiro atoms. The molecule has 2 aromatic heterocycles. The normalized spacial score (nSPS) is 11.7. The van der Waals surface area contributed by atoms with Crippen LogP contribution in [0.2, 0.25) is 0 Å². The van der Waals surface area contributed by atoms with E-state index in [1.807, 2.05) is 24.3 Å². The van der Waals surface area contributed by atoms with Gasteiger partial charge in [0.15, 0.2) is 0 Å². The van der Waals surface area contributed by atoms with Crippen LogP contribution in [0.5, 0.6) is 5.75 Å². The topological polar surface area (TPSA) is 80.8 Å². The number of carbonyl (C=O) groups is 1. The molecule has 0 atom stereocenters. The molecular weight excluding hydrogens is 448 g/mol. The van der Waals surface area contributed by atoms with Crippen LogP contribution in [0.4, 0.5) is 0 Å². The number of fused-ring (bicyclic) bond motifs is 1. The van der Waals surface area contributed by atoms with Crippen molar-refractivity contribution in [1.82, 2.24) is 20.2 Å². The highest BCUT2D eigenvalue weighted by Crippen LogP contribution is 2.39. The summed E-state index contributed by atoms with van der Waals surface area (Å²) in [6.45, 7) is 5.67. The van der Waals surface area contributed by atoms with Crippen molar-refractivity contribution in [1.29, 1.82) is 0 Å². The summed E-state index contributed by atoms with van der Waals surface area (Å²) in [5, 5.41) is 8.18. The molecule has 176 valence electrons. The van der Waals surface area contributed by atoms with Crippen LogP contribution < -0.4 is 4.74 Å². The number of nitrogens with zero attached hydrogens (tertiary/aromatic N) is 3. The van der Waals surface area contributed by atoms with E-state index in [2.05, 4.69) is 70.1 Å². The third-order valence-electron chi connectivity index (χ3n) is 6.01. The zero-order chi connectivity index (χ0) is 24.9. The monoisotopic (exact) mass is 472 g/mol. The van der Waals surface area contributed by atoms with Crippen LogP contribution in [-0.4, -0.2) is 26.1 Å². The molecule has 0 amide bonds. The van der Waals surface area contributed by atoms with E-state index in [1.165, 1.54) is 6.08 Å². The highest BCUT2D eigenvalue weighted by molar-refractivity contribution is 6.02. The molecule has 0 aliphatic carbocycles. The molecule has 6 heteroatoms. The van der Waals surface area contributed by atoms with Crippen LogP contribution in [0.1, 0.15) is 30.0 Å². The molecule has 5 rings (SSSR count). The zero-order valence-corrected chi connectivity index (χ0v) is 19.8. The average molecular weight is 473 g/mol. The Kier molecular flexibility index (Phi) is 6.49. The Bertz CT molecular complexity index is 1570. The van der Waals surface area contributed by atoms with Gasteiger partial charge < -0.3 is 4.74 Å². The summed E-state index contributed by atoms with van der Waals surface area (Å²) >= 11 is 0. The maximum atomic E-state index is 12.1. The van der Waals surface area contributed by atoms with Crippen LogP contribution in [0, 0.1) is 0 Å². The van der Waals surface area contributed by atoms with Gasteiger partial charge in [-0.15, -0.1) is 0 Å².